The highest BCUT2D eigenvalue weighted by molar-refractivity contribution is 6.30. The van der Waals surface area contributed by atoms with Gasteiger partial charge in [-0.1, -0.05) is 6.07 Å². The van der Waals surface area contributed by atoms with E-state index in [2.05, 4.69) is 0 Å². The number of imide groups is 2. The number of likely N-dealkylation sites (N-methyl/N-ethyl adjacent to an activating group) is 2. The molecular formula is C17H17N2O7-. The number of carbonyl (C=O) groups excluding carboxylic acids is 4. The number of hydrogen-bond donors (Lipinski definition) is 0. The summed E-state index contributed by atoms with van der Waals surface area (Å²) in [7, 11) is 3.92. The zero-order valence-corrected chi connectivity index (χ0v) is 14.6. The molecule has 1 saturated heterocycles. The molecular weight excluding hydrogens is 344 g/mol. The van der Waals surface area contributed by atoms with Crippen LogP contribution in [0.4, 0.5) is 4.79 Å². The predicted octanol–water partition coefficient (Wildman–Crippen LogP) is -0.354. The standard InChI is InChI=1S/C17H18N2O7/c1-9(16(22)23)26-12-6-5-10(8-13(12)25-4)7-11-14(20)18(2)17(24)19(3)15(11)21/h5-9H,1-4H3,(H,22,23)/p-1/t9-/m0/s1. The molecule has 0 N–H and O–H groups in total. The van der Waals surface area contributed by atoms with Crippen molar-refractivity contribution in [3.63, 3.8) is 0 Å². The molecule has 0 saturated carbocycles. The third-order valence-corrected chi connectivity index (χ3v) is 3.78. The van der Waals surface area contributed by atoms with Crippen LogP contribution in [0.3, 0.4) is 0 Å². The molecule has 0 aliphatic carbocycles. The Morgan fingerprint density at radius 2 is 1.69 bits per heavy atom. The first-order chi connectivity index (χ1) is 12.2. The third kappa shape index (κ3) is 3.51. The monoisotopic (exact) mass is 361 g/mol. The maximum absolute atomic E-state index is 12.2. The fourth-order valence-corrected chi connectivity index (χ4v) is 2.25. The minimum absolute atomic E-state index is 0.164. The van der Waals surface area contributed by atoms with Crippen LogP contribution in [-0.4, -0.2) is 60.9 Å². The molecule has 138 valence electrons. The maximum atomic E-state index is 12.2. The van der Waals surface area contributed by atoms with Crippen molar-refractivity contribution in [1.82, 2.24) is 9.80 Å². The molecule has 9 heteroatoms. The van der Waals surface area contributed by atoms with Gasteiger partial charge in [0, 0.05) is 14.1 Å². The van der Waals surface area contributed by atoms with E-state index in [1.807, 2.05) is 0 Å². The smallest absolute Gasteiger partial charge is 0.333 e. The van der Waals surface area contributed by atoms with Gasteiger partial charge in [0.25, 0.3) is 11.8 Å². The van der Waals surface area contributed by atoms with Crippen molar-refractivity contribution in [2.75, 3.05) is 21.2 Å². The molecule has 1 aromatic carbocycles. The number of aliphatic carboxylic acids is 1. The van der Waals surface area contributed by atoms with Gasteiger partial charge in [0.15, 0.2) is 11.5 Å². The van der Waals surface area contributed by atoms with Gasteiger partial charge in [0.2, 0.25) is 0 Å². The molecule has 1 aromatic rings. The van der Waals surface area contributed by atoms with Crippen LogP contribution in [0, 0.1) is 0 Å². The van der Waals surface area contributed by atoms with Crippen molar-refractivity contribution in [1.29, 1.82) is 0 Å². The lowest BCUT2D eigenvalue weighted by molar-refractivity contribution is -0.312. The molecule has 2 rings (SSSR count). The second-order valence-electron chi connectivity index (χ2n) is 5.56. The summed E-state index contributed by atoms with van der Waals surface area (Å²) in [5, 5.41) is 10.8. The number of methoxy groups -OCH3 is 1. The molecule has 26 heavy (non-hydrogen) atoms. The first-order valence-corrected chi connectivity index (χ1v) is 7.54. The number of carboxylic acid groups (broad SMARTS) is 1. The molecule has 0 unspecified atom stereocenters. The molecule has 4 amide bonds. The number of hydrogen-bond acceptors (Lipinski definition) is 7. The van der Waals surface area contributed by atoms with Crippen LogP contribution in [0.25, 0.3) is 6.08 Å². The average molecular weight is 361 g/mol. The number of rotatable bonds is 5. The summed E-state index contributed by atoms with van der Waals surface area (Å²) in [4.78, 5) is 48.6. The Morgan fingerprint density at radius 1 is 1.12 bits per heavy atom. The van der Waals surface area contributed by atoms with Gasteiger partial charge in [-0.05, 0) is 30.7 Å². The SMILES string of the molecule is COc1cc(C=C2C(=O)N(C)C(=O)N(C)C2=O)ccc1O[C@@H](C)C(=O)[O-]. The van der Waals surface area contributed by atoms with Crippen molar-refractivity contribution in [2.24, 2.45) is 0 Å². The number of carboxylic acids is 1. The quantitative estimate of drug-likeness (QED) is 0.520. The lowest BCUT2D eigenvalue weighted by Gasteiger charge is -2.28. The van der Waals surface area contributed by atoms with Gasteiger partial charge >= 0.3 is 6.03 Å². The lowest BCUT2D eigenvalue weighted by atomic mass is 10.1. The zero-order valence-electron chi connectivity index (χ0n) is 14.6. The first-order valence-electron chi connectivity index (χ1n) is 7.54. The molecule has 0 spiro atoms. The highest BCUT2D eigenvalue weighted by Crippen LogP contribution is 2.30. The van der Waals surface area contributed by atoms with Gasteiger partial charge in [-0.25, -0.2) is 4.79 Å². The normalized spacial score (nSPS) is 15.8. The summed E-state index contributed by atoms with van der Waals surface area (Å²) in [5.41, 5.74) is 0.247. The van der Waals surface area contributed by atoms with Crippen LogP contribution >= 0.6 is 0 Å². The second-order valence-corrected chi connectivity index (χ2v) is 5.56. The summed E-state index contributed by atoms with van der Waals surface area (Å²) in [6.45, 7) is 1.31. The number of nitrogens with zero attached hydrogens (tertiary/aromatic N) is 2. The highest BCUT2D eigenvalue weighted by Gasteiger charge is 2.37. The number of ether oxygens (including phenoxy) is 2. The Morgan fingerprint density at radius 3 is 2.19 bits per heavy atom. The summed E-state index contributed by atoms with van der Waals surface area (Å²) in [5.74, 6) is -2.45. The number of carbonyl (C=O) groups is 4. The zero-order chi connectivity index (χ0) is 19.6. The Hall–Kier alpha value is -3.36. The second kappa shape index (κ2) is 7.26. The first kappa shape index (κ1) is 19.0. The van der Waals surface area contributed by atoms with Crippen LogP contribution in [0.15, 0.2) is 23.8 Å². The van der Waals surface area contributed by atoms with E-state index in [4.69, 9.17) is 9.47 Å². The third-order valence-electron chi connectivity index (χ3n) is 3.78. The van der Waals surface area contributed by atoms with E-state index in [-0.39, 0.29) is 17.1 Å². The molecule has 0 bridgehead atoms. The van der Waals surface area contributed by atoms with Gasteiger partial charge in [-0.2, -0.15) is 0 Å². The molecule has 1 atom stereocenters. The van der Waals surface area contributed by atoms with Gasteiger partial charge in [0.1, 0.15) is 11.7 Å². The van der Waals surface area contributed by atoms with E-state index in [1.165, 1.54) is 52.4 Å². The van der Waals surface area contributed by atoms with Crippen LogP contribution in [0.5, 0.6) is 11.5 Å². The minimum atomic E-state index is -1.38. The van der Waals surface area contributed by atoms with Crippen LogP contribution in [-0.2, 0) is 14.4 Å². The summed E-state index contributed by atoms with van der Waals surface area (Å²) in [6, 6.07) is 3.72. The van der Waals surface area contributed by atoms with Crippen LogP contribution < -0.4 is 14.6 Å². The largest absolute Gasteiger partial charge is 0.546 e. The van der Waals surface area contributed by atoms with Crippen LogP contribution in [0.1, 0.15) is 12.5 Å². The summed E-state index contributed by atoms with van der Waals surface area (Å²) in [6.07, 6.45) is 0.126. The Kier molecular flexibility index (Phi) is 5.30. The Labute approximate surface area is 149 Å². The number of urea groups is 1. The molecule has 0 radical (unpaired) electrons. The van der Waals surface area contributed by atoms with E-state index < -0.39 is 29.9 Å². The van der Waals surface area contributed by atoms with Gasteiger partial charge in [0.05, 0.1) is 13.1 Å². The fourth-order valence-electron chi connectivity index (χ4n) is 2.25. The molecule has 1 aliphatic heterocycles. The van der Waals surface area contributed by atoms with E-state index in [0.29, 0.717) is 5.56 Å². The van der Waals surface area contributed by atoms with Crippen molar-refractivity contribution < 1.29 is 33.8 Å². The van der Waals surface area contributed by atoms with Gasteiger partial charge in [-0.3, -0.25) is 19.4 Å². The van der Waals surface area contributed by atoms with E-state index >= 15 is 0 Å². The van der Waals surface area contributed by atoms with E-state index in [9.17, 15) is 24.3 Å². The van der Waals surface area contributed by atoms with E-state index in [1.54, 1.807) is 0 Å². The lowest BCUT2D eigenvalue weighted by Crippen LogP contribution is -2.52. The molecule has 1 fully saturated rings. The van der Waals surface area contributed by atoms with Crippen molar-refractivity contribution in [2.45, 2.75) is 13.0 Å². The summed E-state index contributed by atoms with van der Waals surface area (Å²) >= 11 is 0. The molecule has 1 aliphatic rings. The Balaban J connectivity index is 2.38. The van der Waals surface area contributed by atoms with Crippen molar-refractivity contribution >= 4 is 29.9 Å². The van der Waals surface area contributed by atoms with Crippen molar-refractivity contribution in [3.8, 4) is 11.5 Å². The topological polar surface area (TPSA) is 116 Å². The number of barbiturate groups is 1. The molecule has 1 heterocycles. The molecule has 0 aromatic heterocycles. The van der Waals surface area contributed by atoms with Gasteiger partial charge in [-0.15, -0.1) is 0 Å². The minimum Gasteiger partial charge on any atom is -0.546 e. The average Bonchev–Trinajstić information content (AvgIpc) is 2.62. The molecule has 9 nitrogen and oxygen atoms in total. The maximum Gasteiger partial charge on any atom is 0.333 e. The summed E-state index contributed by atoms with van der Waals surface area (Å²) < 4.78 is 10.4. The highest BCUT2D eigenvalue weighted by atomic mass is 16.5. The van der Waals surface area contributed by atoms with Crippen LogP contribution in [0.2, 0.25) is 0 Å². The van der Waals surface area contributed by atoms with Crippen molar-refractivity contribution in [3.05, 3.63) is 29.3 Å². The fraction of sp³-hybridized carbons (Fsp3) is 0.294. The Bertz CT molecular complexity index is 789. The van der Waals surface area contributed by atoms with E-state index in [0.717, 1.165) is 9.80 Å². The number of benzene rings is 1. The predicted molar refractivity (Wildman–Crippen MR) is 87.0 cm³/mol. The van der Waals surface area contributed by atoms with Gasteiger partial charge < -0.3 is 19.4 Å². The number of amides is 4.